The number of thiophene rings is 1. The number of fused-ring (bicyclic) bond motifs is 1. The topological polar surface area (TPSA) is 45.5 Å². The molecule has 0 bridgehead atoms. The third-order valence-corrected chi connectivity index (χ3v) is 10.6. The maximum absolute atomic E-state index is 13.8. The van der Waals surface area contributed by atoms with Crippen LogP contribution in [0.25, 0.3) is 5.69 Å². The smallest absolute Gasteiger partial charge is 0.338 e. The molecule has 5 nitrogen and oxygen atoms in total. The summed E-state index contributed by atoms with van der Waals surface area (Å²) in [7, 11) is 1.78. The van der Waals surface area contributed by atoms with E-state index in [4.69, 9.17) is 21.9 Å². The van der Waals surface area contributed by atoms with Crippen molar-refractivity contribution < 1.29 is 13.2 Å². The van der Waals surface area contributed by atoms with Crippen LogP contribution in [-0.2, 0) is 18.0 Å². The number of hydrogen-bond acceptors (Lipinski definition) is 4. The molecule has 2 aromatic heterocycles. The van der Waals surface area contributed by atoms with Gasteiger partial charge in [0.15, 0.2) is 18.0 Å². The van der Waals surface area contributed by atoms with Gasteiger partial charge in [-0.15, -0.1) is 11.3 Å². The molecule has 0 fully saturated rings. The molecule has 2 aromatic carbocycles. The Kier molecular flexibility index (Phi) is 5.62. The van der Waals surface area contributed by atoms with Crippen LogP contribution in [0.5, 0.6) is 0 Å². The van der Waals surface area contributed by atoms with E-state index in [1.807, 2.05) is 59.4 Å². The van der Waals surface area contributed by atoms with Crippen molar-refractivity contribution in [2.24, 2.45) is 4.99 Å². The zero-order valence-corrected chi connectivity index (χ0v) is 20.6. The first-order valence-corrected chi connectivity index (χ1v) is 13.9. The van der Waals surface area contributed by atoms with Gasteiger partial charge in [-0.1, -0.05) is 36.4 Å². The molecule has 1 N–H and O–H groups in total. The molecule has 11 heteroatoms. The van der Waals surface area contributed by atoms with Crippen LogP contribution in [0.4, 0.5) is 24.7 Å². The second kappa shape index (κ2) is 8.37. The Hall–Kier alpha value is -2.94. The van der Waals surface area contributed by atoms with E-state index in [-0.39, 0.29) is 5.69 Å². The van der Waals surface area contributed by atoms with Crippen molar-refractivity contribution in [3.8, 4) is 5.69 Å². The fraction of sp³-hybridized carbons (Fsp3) is 0.130. The number of amidine groups is 1. The van der Waals surface area contributed by atoms with Crippen LogP contribution in [-0.4, -0.2) is 27.3 Å². The van der Waals surface area contributed by atoms with Crippen LogP contribution in [0.1, 0.15) is 16.1 Å². The Morgan fingerprint density at radius 3 is 2.38 bits per heavy atom. The van der Waals surface area contributed by atoms with Gasteiger partial charge in [-0.05, 0) is 54.4 Å². The summed E-state index contributed by atoms with van der Waals surface area (Å²) in [5.74, 6) is 1.13. The number of aryl methyl sites for hydroxylation is 1. The fourth-order valence-electron chi connectivity index (χ4n) is 3.91. The molecule has 1 atom stereocenters. The number of aromatic nitrogens is 2. The molecular formula is C23H19F3N5PS2. The van der Waals surface area contributed by atoms with Crippen LogP contribution < -0.4 is 10.4 Å². The monoisotopic (exact) mass is 517 g/mol. The van der Waals surface area contributed by atoms with E-state index < -0.39 is 18.1 Å². The SMILES string of the molecule is Cc1nn(-c2ccccc2)c2c1P(=S)(Nc1ccccc1C(F)(F)F)N(C)C(c1cccs1)=N2. The summed E-state index contributed by atoms with van der Waals surface area (Å²) in [6, 6.07) is 18.7. The first-order valence-electron chi connectivity index (χ1n) is 10.3. The van der Waals surface area contributed by atoms with Gasteiger partial charge in [-0.2, -0.15) is 18.3 Å². The van der Waals surface area contributed by atoms with Crippen LogP contribution in [0, 0.1) is 6.92 Å². The van der Waals surface area contributed by atoms with Gasteiger partial charge in [0.1, 0.15) is 0 Å². The molecule has 0 amide bonds. The van der Waals surface area contributed by atoms with Crippen molar-refractivity contribution in [2.45, 2.75) is 13.1 Å². The number of para-hydroxylation sites is 2. The minimum Gasteiger partial charge on any atom is -0.338 e. The van der Waals surface area contributed by atoms with Crippen molar-refractivity contribution in [2.75, 3.05) is 12.1 Å². The average molecular weight is 518 g/mol. The lowest BCUT2D eigenvalue weighted by atomic mass is 10.2. The van der Waals surface area contributed by atoms with Gasteiger partial charge in [-0.3, -0.25) is 0 Å². The van der Waals surface area contributed by atoms with Gasteiger partial charge in [0, 0.05) is 7.05 Å². The molecule has 0 aliphatic carbocycles. The number of anilines is 1. The van der Waals surface area contributed by atoms with E-state index in [2.05, 4.69) is 5.09 Å². The Balaban J connectivity index is 1.75. The first-order chi connectivity index (χ1) is 16.2. The molecular weight excluding hydrogens is 498 g/mol. The first kappa shape index (κ1) is 22.8. The van der Waals surface area contributed by atoms with Crippen molar-refractivity contribution in [3.05, 3.63) is 88.2 Å². The molecule has 1 aliphatic rings. The second-order valence-corrected chi connectivity index (χ2v) is 12.6. The summed E-state index contributed by atoms with van der Waals surface area (Å²) in [6.45, 7) is 1.82. The highest BCUT2D eigenvalue weighted by Crippen LogP contribution is 2.55. The van der Waals surface area contributed by atoms with Crippen LogP contribution in [0.3, 0.4) is 0 Å². The van der Waals surface area contributed by atoms with Crippen LogP contribution >= 0.6 is 17.7 Å². The van der Waals surface area contributed by atoms with Crippen molar-refractivity contribution in [1.82, 2.24) is 14.5 Å². The average Bonchev–Trinajstić information content (AvgIpc) is 3.45. The summed E-state index contributed by atoms with van der Waals surface area (Å²) in [5.41, 5.74) is 0.598. The molecule has 0 saturated carbocycles. The molecule has 1 aliphatic heterocycles. The van der Waals surface area contributed by atoms with Gasteiger partial charge in [0.2, 0.25) is 0 Å². The zero-order valence-electron chi connectivity index (χ0n) is 18.1. The molecule has 5 rings (SSSR count). The molecule has 3 heterocycles. The minimum absolute atomic E-state index is 0.0598. The lowest BCUT2D eigenvalue weighted by Crippen LogP contribution is -2.36. The summed E-state index contributed by atoms with van der Waals surface area (Å²) in [5, 5.41) is 10.4. The standard InChI is InChI=1S/C23H19F3N5PS2/c1-15-20-22(31(28-15)16-9-4-3-5-10-16)27-21(19-13-8-14-34-19)30(2)32(20,33)29-18-12-7-6-11-17(18)23(24,25)26/h3-14H,1-2H3,(H,29,33). The van der Waals surface area contributed by atoms with Crippen molar-refractivity contribution >= 4 is 52.1 Å². The van der Waals surface area contributed by atoms with Gasteiger partial charge >= 0.3 is 6.18 Å². The van der Waals surface area contributed by atoms with Gasteiger partial charge in [0.25, 0.3) is 0 Å². The highest BCUT2D eigenvalue weighted by molar-refractivity contribution is 8.18. The number of nitrogens with zero attached hydrogens (tertiary/aromatic N) is 4. The number of rotatable bonds is 4. The molecule has 4 aromatic rings. The van der Waals surface area contributed by atoms with E-state index in [0.29, 0.717) is 22.7 Å². The van der Waals surface area contributed by atoms with E-state index in [1.165, 1.54) is 23.5 Å². The summed E-state index contributed by atoms with van der Waals surface area (Å²) >= 11 is 7.72. The van der Waals surface area contributed by atoms with Crippen molar-refractivity contribution in [1.29, 1.82) is 0 Å². The van der Waals surface area contributed by atoms with Crippen LogP contribution in [0.2, 0.25) is 0 Å². The Morgan fingerprint density at radius 2 is 1.71 bits per heavy atom. The fourth-order valence-corrected chi connectivity index (χ4v) is 8.30. The number of halogens is 3. The number of hydrogen-bond donors (Lipinski definition) is 1. The van der Waals surface area contributed by atoms with E-state index in [0.717, 1.165) is 16.6 Å². The Bertz CT molecular complexity index is 1430. The largest absolute Gasteiger partial charge is 0.418 e. The van der Waals surface area contributed by atoms with Crippen LogP contribution in [0.15, 0.2) is 77.1 Å². The number of aliphatic imine (C=N–C) groups is 1. The Labute approximate surface area is 203 Å². The molecule has 0 radical (unpaired) electrons. The highest BCUT2D eigenvalue weighted by atomic mass is 32.4. The maximum atomic E-state index is 13.8. The molecule has 34 heavy (non-hydrogen) atoms. The van der Waals surface area contributed by atoms with Gasteiger partial charge in [-0.25, -0.2) is 9.67 Å². The highest BCUT2D eigenvalue weighted by Gasteiger charge is 2.42. The van der Waals surface area contributed by atoms with E-state index in [1.54, 1.807) is 17.8 Å². The lowest BCUT2D eigenvalue weighted by molar-refractivity contribution is -0.136. The van der Waals surface area contributed by atoms with E-state index >= 15 is 0 Å². The molecule has 174 valence electrons. The third-order valence-electron chi connectivity index (χ3n) is 5.50. The third kappa shape index (κ3) is 3.76. The lowest BCUT2D eigenvalue weighted by Gasteiger charge is -2.38. The number of alkyl halides is 3. The van der Waals surface area contributed by atoms with Gasteiger partial charge in [0.05, 0.1) is 32.8 Å². The normalized spacial score (nSPS) is 17.9. The Morgan fingerprint density at radius 1 is 1.00 bits per heavy atom. The summed E-state index contributed by atoms with van der Waals surface area (Å²) < 4.78 is 45.0. The summed E-state index contributed by atoms with van der Waals surface area (Å²) in [6.07, 6.45) is -7.56. The quantitative estimate of drug-likeness (QED) is 0.321. The maximum Gasteiger partial charge on any atom is 0.418 e. The number of benzene rings is 2. The molecule has 1 unspecified atom stereocenters. The number of nitrogens with one attached hydrogen (secondary N) is 1. The molecule has 0 saturated heterocycles. The molecule has 0 spiro atoms. The summed E-state index contributed by atoms with van der Waals surface area (Å²) in [4.78, 5) is 5.79. The second-order valence-electron chi connectivity index (χ2n) is 7.67. The minimum atomic E-state index is -4.52. The predicted molar refractivity (Wildman–Crippen MR) is 136 cm³/mol. The predicted octanol–water partition coefficient (Wildman–Crippen LogP) is 6.33. The van der Waals surface area contributed by atoms with Crippen molar-refractivity contribution in [3.63, 3.8) is 0 Å². The van der Waals surface area contributed by atoms with Gasteiger partial charge < -0.3 is 9.76 Å². The van der Waals surface area contributed by atoms with E-state index in [9.17, 15) is 13.2 Å². The zero-order chi connectivity index (χ0) is 24.1.